The Labute approximate surface area is 106 Å². The van der Waals surface area contributed by atoms with Crippen LogP contribution in [0, 0.1) is 0 Å². The molecule has 0 atom stereocenters. The summed E-state index contributed by atoms with van der Waals surface area (Å²) in [6.07, 6.45) is 3.20. The Hall–Kier alpha value is -1.20. The number of hydrogen-bond acceptors (Lipinski definition) is 3. The van der Waals surface area contributed by atoms with Gasteiger partial charge in [0.1, 0.15) is 0 Å². The van der Waals surface area contributed by atoms with E-state index in [1.54, 1.807) is 35.9 Å². The summed E-state index contributed by atoms with van der Waals surface area (Å²) in [5, 5.41) is 2.84. The van der Waals surface area contributed by atoms with Crippen molar-refractivity contribution in [2.45, 2.75) is 6.54 Å². The topological polar surface area (TPSA) is 42.0 Å². The van der Waals surface area contributed by atoms with Crippen LogP contribution in [0.25, 0.3) is 0 Å². The third-order valence-electron chi connectivity index (χ3n) is 1.98. The van der Waals surface area contributed by atoms with Crippen molar-refractivity contribution >= 4 is 33.2 Å². The molecule has 0 aliphatic heterocycles. The summed E-state index contributed by atoms with van der Waals surface area (Å²) < 4.78 is 1.07. The smallest absolute Gasteiger partial charge is 0.253 e. The number of amides is 1. The molecule has 1 N–H and O–H groups in total. The van der Waals surface area contributed by atoms with E-state index in [4.69, 9.17) is 0 Å². The molecule has 0 saturated heterocycles. The maximum Gasteiger partial charge on any atom is 0.253 e. The molecule has 1 amide bonds. The van der Waals surface area contributed by atoms with E-state index in [1.165, 1.54) is 0 Å². The Morgan fingerprint density at radius 3 is 2.94 bits per heavy atom. The van der Waals surface area contributed by atoms with Crippen molar-refractivity contribution in [1.82, 2.24) is 10.3 Å². The van der Waals surface area contributed by atoms with Crippen molar-refractivity contribution in [3.05, 3.63) is 50.9 Å². The van der Waals surface area contributed by atoms with Gasteiger partial charge in [0, 0.05) is 17.3 Å². The molecule has 2 rings (SSSR count). The molecule has 82 valence electrons. The van der Waals surface area contributed by atoms with E-state index < -0.39 is 0 Å². The summed E-state index contributed by atoms with van der Waals surface area (Å²) in [6.45, 7) is 0.546. The van der Waals surface area contributed by atoms with Gasteiger partial charge in [0.15, 0.2) is 0 Å². The van der Waals surface area contributed by atoms with Gasteiger partial charge in [0.25, 0.3) is 5.91 Å². The SMILES string of the molecule is O=C(NCc1ccc(Br)s1)c1cccnc1. The fourth-order valence-corrected chi connectivity index (χ4v) is 2.64. The van der Waals surface area contributed by atoms with Crippen LogP contribution in [0.1, 0.15) is 15.2 Å². The van der Waals surface area contributed by atoms with Gasteiger partial charge in [-0.15, -0.1) is 11.3 Å². The highest BCUT2D eigenvalue weighted by Crippen LogP contribution is 2.21. The van der Waals surface area contributed by atoms with E-state index >= 15 is 0 Å². The highest BCUT2D eigenvalue weighted by atomic mass is 79.9. The lowest BCUT2D eigenvalue weighted by Crippen LogP contribution is -2.22. The molecule has 0 saturated carbocycles. The summed E-state index contributed by atoms with van der Waals surface area (Å²) in [6, 6.07) is 7.44. The van der Waals surface area contributed by atoms with Gasteiger partial charge >= 0.3 is 0 Å². The lowest BCUT2D eigenvalue weighted by Gasteiger charge is -2.02. The van der Waals surface area contributed by atoms with E-state index in [0.717, 1.165) is 8.66 Å². The highest BCUT2D eigenvalue weighted by Gasteiger charge is 2.05. The summed E-state index contributed by atoms with van der Waals surface area (Å²) in [5.74, 6) is -0.0994. The van der Waals surface area contributed by atoms with Crippen LogP contribution in [0.2, 0.25) is 0 Å². The van der Waals surface area contributed by atoms with Gasteiger partial charge in [-0.25, -0.2) is 0 Å². The normalized spacial score (nSPS) is 10.1. The number of pyridine rings is 1. The van der Waals surface area contributed by atoms with E-state index in [0.29, 0.717) is 12.1 Å². The number of carbonyl (C=O) groups excluding carboxylic acids is 1. The molecule has 0 aliphatic rings. The molecule has 0 aliphatic carbocycles. The quantitative estimate of drug-likeness (QED) is 0.946. The largest absolute Gasteiger partial charge is 0.347 e. The fourth-order valence-electron chi connectivity index (χ4n) is 1.21. The average molecular weight is 297 g/mol. The first-order valence-corrected chi connectivity index (χ1v) is 6.29. The summed E-state index contributed by atoms with van der Waals surface area (Å²) >= 11 is 4.99. The molecule has 2 aromatic rings. The first-order valence-electron chi connectivity index (χ1n) is 4.68. The minimum Gasteiger partial charge on any atom is -0.347 e. The van der Waals surface area contributed by atoms with Crippen molar-refractivity contribution in [3.63, 3.8) is 0 Å². The second-order valence-electron chi connectivity index (χ2n) is 3.13. The van der Waals surface area contributed by atoms with Crippen LogP contribution in [0.15, 0.2) is 40.4 Å². The third-order valence-corrected chi connectivity index (χ3v) is 3.60. The predicted molar refractivity (Wildman–Crippen MR) is 67.4 cm³/mol. The lowest BCUT2D eigenvalue weighted by atomic mass is 10.3. The number of thiophene rings is 1. The molecule has 0 spiro atoms. The zero-order valence-electron chi connectivity index (χ0n) is 8.31. The standard InChI is InChI=1S/C11H9BrN2OS/c12-10-4-3-9(16-10)7-14-11(15)8-2-1-5-13-6-8/h1-6H,7H2,(H,14,15). The number of hydrogen-bond donors (Lipinski definition) is 1. The molecular weight excluding hydrogens is 288 g/mol. The first-order chi connectivity index (χ1) is 7.75. The van der Waals surface area contributed by atoms with Crippen LogP contribution >= 0.6 is 27.3 Å². The number of aromatic nitrogens is 1. The molecule has 0 unspecified atom stereocenters. The van der Waals surface area contributed by atoms with Crippen LogP contribution in [0.4, 0.5) is 0 Å². The fraction of sp³-hybridized carbons (Fsp3) is 0.0909. The van der Waals surface area contributed by atoms with Crippen LogP contribution in [-0.4, -0.2) is 10.9 Å². The minimum atomic E-state index is -0.0994. The maximum absolute atomic E-state index is 11.7. The van der Waals surface area contributed by atoms with Crippen molar-refractivity contribution in [2.75, 3.05) is 0 Å². The lowest BCUT2D eigenvalue weighted by molar-refractivity contribution is 0.0951. The summed E-state index contributed by atoms with van der Waals surface area (Å²) in [5.41, 5.74) is 0.582. The second-order valence-corrected chi connectivity index (χ2v) is 5.68. The number of rotatable bonds is 3. The number of halogens is 1. The minimum absolute atomic E-state index is 0.0994. The Morgan fingerprint density at radius 1 is 1.44 bits per heavy atom. The molecule has 2 aromatic heterocycles. The molecular formula is C11H9BrN2OS. The number of carbonyl (C=O) groups is 1. The molecule has 16 heavy (non-hydrogen) atoms. The van der Waals surface area contributed by atoms with Crippen molar-refractivity contribution in [3.8, 4) is 0 Å². The van der Waals surface area contributed by atoms with E-state index in [9.17, 15) is 4.79 Å². The van der Waals surface area contributed by atoms with Crippen LogP contribution in [0.3, 0.4) is 0 Å². The average Bonchev–Trinajstić information content (AvgIpc) is 2.73. The van der Waals surface area contributed by atoms with Crippen molar-refractivity contribution in [2.24, 2.45) is 0 Å². The molecule has 3 nitrogen and oxygen atoms in total. The molecule has 0 fully saturated rings. The maximum atomic E-state index is 11.7. The van der Waals surface area contributed by atoms with Crippen molar-refractivity contribution < 1.29 is 4.79 Å². The van der Waals surface area contributed by atoms with Gasteiger partial charge in [-0.1, -0.05) is 0 Å². The second kappa shape index (κ2) is 5.23. The van der Waals surface area contributed by atoms with Crippen LogP contribution in [0.5, 0.6) is 0 Å². The Morgan fingerprint density at radius 2 is 2.31 bits per heavy atom. The molecule has 0 bridgehead atoms. The highest BCUT2D eigenvalue weighted by molar-refractivity contribution is 9.11. The summed E-state index contributed by atoms with van der Waals surface area (Å²) in [4.78, 5) is 16.7. The number of nitrogens with one attached hydrogen (secondary N) is 1. The van der Waals surface area contributed by atoms with Crippen molar-refractivity contribution in [1.29, 1.82) is 0 Å². The molecule has 5 heteroatoms. The molecule has 0 radical (unpaired) electrons. The van der Waals surface area contributed by atoms with Gasteiger partial charge in [-0.3, -0.25) is 9.78 Å². The third kappa shape index (κ3) is 2.90. The Balaban J connectivity index is 1.94. The molecule has 0 aromatic carbocycles. The van der Waals surface area contributed by atoms with Gasteiger partial charge in [0.05, 0.1) is 15.9 Å². The van der Waals surface area contributed by atoms with Crippen LogP contribution in [-0.2, 0) is 6.54 Å². The van der Waals surface area contributed by atoms with Gasteiger partial charge < -0.3 is 5.32 Å². The van der Waals surface area contributed by atoms with Crippen LogP contribution < -0.4 is 5.32 Å². The van der Waals surface area contributed by atoms with Gasteiger partial charge in [-0.05, 0) is 40.2 Å². The van der Waals surface area contributed by atoms with E-state index in [-0.39, 0.29) is 5.91 Å². The first kappa shape index (κ1) is 11.3. The van der Waals surface area contributed by atoms with Gasteiger partial charge in [0.2, 0.25) is 0 Å². The zero-order chi connectivity index (χ0) is 11.4. The number of nitrogens with zero attached hydrogens (tertiary/aromatic N) is 1. The monoisotopic (exact) mass is 296 g/mol. The zero-order valence-corrected chi connectivity index (χ0v) is 10.7. The summed E-state index contributed by atoms with van der Waals surface area (Å²) in [7, 11) is 0. The predicted octanol–water partition coefficient (Wildman–Crippen LogP) is 2.84. The Kier molecular flexibility index (Phi) is 3.69. The molecule has 2 heterocycles. The Bertz CT molecular complexity index is 484. The van der Waals surface area contributed by atoms with E-state index in [2.05, 4.69) is 26.2 Å². The van der Waals surface area contributed by atoms with Gasteiger partial charge in [-0.2, -0.15) is 0 Å². The van der Waals surface area contributed by atoms with E-state index in [1.807, 2.05) is 12.1 Å².